The number of hydrogen-bond donors (Lipinski definition) is 1. The molecule has 2 aromatic rings. The van der Waals surface area contributed by atoms with Gasteiger partial charge in [-0.05, 0) is 36.2 Å². The number of allylic oxidation sites excluding steroid dienone is 1. The first kappa shape index (κ1) is 11.3. The smallest absolute Gasteiger partial charge is 0.133 e. The molecule has 1 aromatic carbocycles. The highest BCUT2D eigenvalue weighted by atomic mass is 19.1. The van der Waals surface area contributed by atoms with Crippen LogP contribution in [-0.2, 0) is 6.42 Å². The van der Waals surface area contributed by atoms with Crippen LogP contribution in [0.25, 0.3) is 11.3 Å². The molecule has 0 bridgehead atoms. The molecule has 0 spiro atoms. The van der Waals surface area contributed by atoms with Crippen LogP contribution in [-0.4, -0.2) is 10.1 Å². The molecule has 0 saturated heterocycles. The molecule has 86 valence electrons. The second-order valence-electron chi connectivity index (χ2n) is 3.71. The van der Waals surface area contributed by atoms with Gasteiger partial charge in [0.05, 0.1) is 11.9 Å². The molecule has 0 unspecified atom stereocenters. The highest BCUT2D eigenvalue weighted by molar-refractivity contribution is 5.60. The van der Waals surface area contributed by atoms with E-state index in [0.29, 0.717) is 17.7 Å². The molecular formula is C14H12FNO. The van der Waals surface area contributed by atoms with Gasteiger partial charge in [0.25, 0.3) is 0 Å². The lowest BCUT2D eigenvalue weighted by atomic mass is 10.1. The summed E-state index contributed by atoms with van der Waals surface area (Å²) in [5.74, 6) is -0.250. The van der Waals surface area contributed by atoms with Crippen LogP contribution in [0.4, 0.5) is 4.39 Å². The Balaban J connectivity index is 2.39. The maximum Gasteiger partial charge on any atom is 0.133 e. The summed E-state index contributed by atoms with van der Waals surface area (Å²) in [6, 6.07) is 8.08. The van der Waals surface area contributed by atoms with Crippen LogP contribution in [0.15, 0.2) is 49.2 Å². The minimum atomic E-state index is -0.317. The molecule has 0 aliphatic rings. The van der Waals surface area contributed by atoms with Crippen molar-refractivity contribution in [2.75, 3.05) is 0 Å². The van der Waals surface area contributed by atoms with E-state index in [0.717, 1.165) is 5.56 Å². The van der Waals surface area contributed by atoms with Gasteiger partial charge in [0.2, 0.25) is 0 Å². The van der Waals surface area contributed by atoms with Gasteiger partial charge in [0.1, 0.15) is 11.6 Å². The first-order valence-corrected chi connectivity index (χ1v) is 5.25. The lowest BCUT2D eigenvalue weighted by molar-refractivity contribution is 0.473. The Bertz CT molecular complexity index is 534. The van der Waals surface area contributed by atoms with E-state index in [2.05, 4.69) is 11.6 Å². The van der Waals surface area contributed by atoms with Crippen LogP contribution in [0.2, 0.25) is 0 Å². The topological polar surface area (TPSA) is 33.1 Å². The minimum absolute atomic E-state index is 0.0671. The van der Waals surface area contributed by atoms with Crippen molar-refractivity contribution in [3.05, 3.63) is 60.6 Å². The van der Waals surface area contributed by atoms with E-state index in [-0.39, 0.29) is 11.6 Å². The molecule has 0 aliphatic carbocycles. The fraction of sp³-hybridized carbons (Fsp3) is 0.0714. The van der Waals surface area contributed by atoms with Crippen LogP contribution in [0.5, 0.6) is 5.75 Å². The quantitative estimate of drug-likeness (QED) is 0.819. The van der Waals surface area contributed by atoms with Crippen molar-refractivity contribution in [1.29, 1.82) is 0 Å². The normalized spacial score (nSPS) is 10.2. The van der Waals surface area contributed by atoms with E-state index in [9.17, 15) is 4.39 Å². The summed E-state index contributed by atoms with van der Waals surface area (Å²) in [5, 5.41) is 9.12. The van der Waals surface area contributed by atoms with Gasteiger partial charge in [0, 0.05) is 5.56 Å². The van der Waals surface area contributed by atoms with Gasteiger partial charge >= 0.3 is 0 Å². The van der Waals surface area contributed by atoms with Crippen LogP contribution in [0.3, 0.4) is 0 Å². The molecule has 17 heavy (non-hydrogen) atoms. The molecule has 2 nitrogen and oxygen atoms in total. The second-order valence-corrected chi connectivity index (χ2v) is 3.71. The number of pyridine rings is 1. The molecule has 0 radical (unpaired) electrons. The summed E-state index contributed by atoms with van der Waals surface area (Å²) in [7, 11) is 0. The van der Waals surface area contributed by atoms with Crippen molar-refractivity contribution < 1.29 is 9.50 Å². The lowest BCUT2D eigenvalue weighted by Gasteiger charge is -2.04. The number of benzene rings is 1. The van der Waals surface area contributed by atoms with E-state index >= 15 is 0 Å². The number of aromatic nitrogens is 1. The van der Waals surface area contributed by atoms with Crippen LogP contribution >= 0.6 is 0 Å². The predicted molar refractivity (Wildman–Crippen MR) is 65.2 cm³/mol. The Morgan fingerprint density at radius 3 is 2.71 bits per heavy atom. The highest BCUT2D eigenvalue weighted by Gasteiger charge is 2.06. The van der Waals surface area contributed by atoms with Gasteiger partial charge in [-0.15, -0.1) is 6.58 Å². The Labute approximate surface area is 99.1 Å². The zero-order valence-corrected chi connectivity index (χ0v) is 9.23. The standard InChI is InChI=1S/C14H12FNO/c1-2-3-10-4-6-12(13(15)8-10)14-7-5-11(17)9-16-14/h2,4-9,17H,1,3H2. The van der Waals surface area contributed by atoms with Gasteiger partial charge in [-0.3, -0.25) is 4.98 Å². The third kappa shape index (κ3) is 2.50. The predicted octanol–water partition coefficient (Wildman–Crippen LogP) is 3.32. The third-order valence-electron chi connectivity index (χ3n) is 2.44. The van der Waals surface area contributed by atoms with Crippen molar-refractivity contribution in [2.24, 2.45) is 0 Å². The Morgan fingerprint density at radius 1 is 1.29 bits per heavy atom. The molecule has 0 amide bonds. The minimum Gasteiger partial charge on any atom is -0.506 e. The van der Waals surface area contributed by atoms with Crippen molar-refractivity contribution in [3.8, 4) is 17.0 Å². The van der Waals surface area contributed by atoms with E-state index < -0.39 is 0 Å². The highest BCUT2D eigenvalue weighted by Crippen LogP contribution is 2.23. The SMILES string of the molecule is C=CCc1ccc(-c2ccc(O)cn2)c(F)c1. The van der Waals surface area contributed by atoms with Crippen LogP contribution < -0.4 is 0 Å². The number of aromatic hydroxyl groups is 1. The third-order valence-corrected chi connectivity index (χ3v) is 2.44. The van der Waals surface area contributed by atoms with Gasteiger partial charge in [-0.1, -0.05) is 12.1 Å². The van der Waals surface area contributed by atoms with Crippen LogP contribution in [0.1, 0.15) is 5.56 Å². The molecular weight excluding hydrogens is 217 g/mol. The molecule has 1 heterocycles. The molecule has 3 heteroatoms. The lowest BCUT2D eigenvalue weighted by Crippen LogP contribution is -1.90. The Hall–Kier alpha value is -2.16. The van der Waals surface area contributed by atoms with Crippen molar-refractivity contribution in [2.45, 2.75) is 6.42 Å². The monoisotopic (exact) mass is 229 g/mol. The Morgan fingerprint density at radius 2 is 2.12 bits per heavy atom. The maximum atomic E-state index is 13.8. The fourth-order valence-electron chi connectivity index (χ4n) is 1.61. The molecule has 0 aliphatic heterocycles. The molecule has 0 atom stereocenters. The average molecular weight is 229 g/mol. The number of halogens is 1. The molecule has 1 N–H and O–H groups in total. The van der Waals surface area contributed by atoms with E-state index in [1.807, 2.05) is 6.07 Å². The first-order valence-electron chi connectivity index (χ1n) is 5.25. The molecule has 0 fully saturated rings. The number of nitrogens with zero attached hydrogens (tertiary/aromatic N) is 1. The van der Waals surface area contributed by atoms with Crippen molar-refractivity contribution >= 4 is 0 Å². The van der Waals surface area contributed by atoms with Gasteiger partial charge in [-0.25, -0.2) is 4.39 Å². The summed E-state index contributed by atoms with van der Waals surface area (Å²) >= 11 is 0. The van der Waals surface area contributed by atoms with Crippen molar-refractivity contribution in [1.82, 2.24) is 4.98 Å². The molecule has 2 rings (SSSR count). The van der Waals surface area contributed by atoms with E-state index in [4.69, 9.17) is 5.11 Å². The largest absolute Gasteiger partial charge is 0.506 e. The van der Waals surface area contributed by atoms with Gasteiger partial charge in [-0.2, -0.15) is 0 Å². The van der Waals surface area contributed by atoms with E-state index in [1.165, 1.54) is 18.3 Å². The van der Waals surface area contributed by atoms with E-state index in [1.54, 1.807) is 18.2 Å². The number of hydrogen-bond acceptors (Lipinski definition) is 2. The Kier molecular flexibility index (Phi) is 3.19. The fourth-order valence-corrected chi connectivity index (χ4v) is 1.61. The van der Waals surface area contributed by atoms with Gasteiger partial charge < -0.3 is 5.11 Å². The van der Waals surface area contributed by atoms with Crippen molar-refractivity contribution in [3.63, 3.8) is 0 Å². The zero-order chi connectivity index (χ0) is 12.3. The van der Waals surface area contributed by atoms with Crippen LogP contribution in [0, 0.1) is 5.82 Å². The first-order chi connectivity index (χ1) is 8.20. The zero-order valence-electron chi connectivity index (χ0n) is 9.23. The summed E-state index contributed by atoms with van der Waals surface area (Å²) in [4.78, 5) is 3.97. The average Bonchev–Trinajstić information content (AvgIpc) is 2.31. The summed E-state index contributed by atoms with van der Waals surface area (Å²) in [6.45, 7) is 3.61. The summed E-state index contributed by atoms with van der Waals surface area (Å²) in [5.41, 5.74) is 1.81. The second kappa shape index (κ2) is 4.78. The summed E-state index contributed by atoms with van der Waals surface area (Å²) < 4.78 is 13.8. The molecule has 0 saturated carbocycles. The summed E-state index contributed by atoms with van der Waals surface area (Å²) in [6.07, 6.45) is 3.67. The van der Waals surface area contributed by atoms with Gasteiger partial charge in [0.15, 0.2) is 0 Å². The molecule has 1 aromatic heterocycles. The number of rotatable bonds is 3. The maximum absolute atomic E-state index is 13.8.